The van der Waals surface area contributed by atoms with Crippen molar-refractivity contribution >= 4 is 43.2 Å². The summed E-state index contributed by atoms with van der Waals surface area (Å²) in [7, 11) is 0. The van der Waals surface area contributed by atoms with Crippen LogP contribution >= 0.6 is 43.2 Å². The molecule has 2 aromatic rings. The quantitative estimate of drug-likeness (QED) is 0.702. The molecule has 1 N–H and O–H groups in total. The predicted molar refractivity (Wildman–Crippen MR) is 91.2 cm³/mol. The number of rotatable bonds is 4. The van der Waals surface area contributed by atoms with Gasteiger partial charge in [-0.05, 0) is 65.1 Å². The topological polar surface area (TPSA) is 12.0 Å². The van der Waals surface area contributed by atoms with Crippen molar-refractivity contribution in [1.29, 1.82) is 0 Å². The van der Waals surface area contributed by atoms with Crippen LogP contribution in [0.4, 0.5) is 0 Å². The minimum absolute atomic E-state index is 0.238. The molecule has 1 atom stereocenters. The zero-order valence-electron chi connectivity index (χ0n) is 11.3. The Kier molecular flexibility index (Phi) is 5.23. The Morgan fingerprint density at radius 3 is 2.42 bits per heavy atom. The molecule has 1 heterocycles. The lowest BCUT2D eigenvalue weighted by molar-refractivity contribution is 0.627. The molecule has 0 fully saturated rings. The van der Waals surface area contributed by atoms with Crippen molar-refractivity contribution in [2.75, 3.05) is 6.54 Å². The molecular weight excluding hydrogens is 386 g/mol. The molecule has 0 spiro atoms. The van der Waals surface area contributed by atoms with Crippen LogP contribution in [0.1, 0.15) is 34.5 Å². The van der Waals surface area contributed by atoms with Crippen LogP contribution < -0.4 is 5.32 Å². The summed E-state index contributed by atoms with van der Waals surface area (Å²) in [5.41, 5.74) is 3.92. The Bertz CT molecular complexity index is 578. The largest absolute Gasteiger partial charge is 0.306 e. The van der Waals surface area contributed by atoms with Gasteiger partial charge in [0.25, 0.3) is 0 Å². The van der Waals surface area contributed by atoms with Gasteiger partial charge in [-0.15, -0.1) is 11.3 Å². The van der Waals surface area contributed by atoms with Crippen LogP contribution in [0.2, 0.25) is 0 Å². The molecule has 102 valence electrons. The van der Waals surface area contributed by atoms with E-state index in [9.17, 15) is 0 Å². The Morgan fingerprint density at radius 1 is 1.16 bits per heavy atom. The maximum Gasteiger partial charge on any atom is 0.0704 e. The second-order valence-electron chi connectivity index (χ2n) is 4.58. The average Bonchev–Trinajstić information content (AvgIpc) is 2.66. The van der Waals surface area contributed by atoms with E-state index in [1.165, 1.54) is 29.8 Å². The van der Waals surface area contributed by atoms with Gasteiger partial charge in [-0.2, -0.15) is 0 Å². The number of thiophene rings is 1. The highest BCUT2D eigenvalue weighted by Gasteiger charge is 2.19. The van der Waals surface area contributed by atoms with E-state index in [4.69, 9.17) is 0 Å². The van der Waals surface area contributed by atoms with Crippen molar-refractivity contribution in [3.63, 3.8) is 0 Å². The van der Waals surface area contributed by atoms with Gasteiger partial charge in [-0.1, -0.05) is 35.0 Å². The summed E-state index contributed by atoms with van der Waals surface area (Å²) >= 11 is 9.07. The van der Waals surface area contributed by atoms with Gasteiger partial charge in [0.1, 0.15) is 0 Å². The highest BCUT2D eigenvalue weighted by atomic mass is 79.9. The van der Waals surface area contributed by atoms with E-state index in [-0.39, 0.29) is 6.04 Å². The van der Waals surface area contributed by atoms with Gasteiger partial charge >= 0.3 is 0 Å². The van der Waals surface area contributed by atoms with Crippen molar-refractivity contribution in [2.45, 2.75) is 26.8 Å². The molecule has 1 aromatic carbocycles. The lowest BCUT2D eigenvalue weighted by Gasteiger charge is -2.20. The Hall–Kier alpha value is -0.160. The Morgan fingerprint density at radius 2 is 1.89 bits per heavy atom. The molecule has 0 saturated carbocycles. The Labute approximate surface area is 135 Å². The molecule has 19 heavy (non-hydrogen) atoms. The second kappa shape index (κ2) is 6.53. The molecule has 0 bridgehead atoms. The van der Waals surface area contributed by atoms with E-state index in [1.54, 1.807) is 11.3 Å². The molecule has 0 aliphatic heterocycles. The van der Waals surface area contributed by atoms with Gasteiger partial charge < -0.3 is 5.32 Å². The zero-order valence-corrected chi connectivity index (χ0v) is 15.2. The monoisotopic (exact) mass is 401 g/mol. The number of nitrogens with one attached hydrogen (secondary N) is 1. The van der Waals surface area contributed by atoms with Crippen LogP contribution in [0.25, 0.3) is 0 Å². The predicted octanol–water partition coefficient (Wildman–Crippen LogP) is 5.59. The number of benzene rings is 1. The van der Waals surface area contributed by atoms with Crippen molar-refractivity contribution in [3.8, 4) is 0 Å². The molecule has 1 nitrogen and oxygen atoms in total. The number of halogens is 2. The van der Waals surface area contributed by atoms with E-state index in [0.29, 0.717) is 0 Å². The van der Waals surface area contributed by atoms with E-state index in [0.717, 1.165) is 6.54 Å². The molecule has 1 aromatic heterocycles. The molecule has 2 rings (SSSR count). The van der Waals surface area contributed by atoms with Crippen LogP contribution in [0, 0.1) is 13.8 Å². The molecule has 1 unspecified atom stereocenters. The average molecular weight is 403 g/mol. The van der Waals surface area contributed by atoms with E-state index < -0.39 is 0 Å². The Balaban J connectivity index is 2.48. The summed E-state index contributed by atoms with van der Waals surface area (Å²) in [5, 5.41) is 3.59. The first kappa shape index (κ1) is 15.2. The van der Waals surface area contributed by atoms with Crippen molar-refractivity contribution in [3.05, 3.63) is 54.1 Å². The summed E-state index contributed by atoms with van der Waals surface area (Å²) in [5.74, 6) is 0. The summed E-state index contributed by atoms with van der Waals surface area (Å²) in [6.07, 6.45) is 0. The highest BCUT2D eigenvalue weighted by Crippen LogP contribution is 2.36. The third kappa shape index (κ3) is 3.48. The van der Waals surface area contributed by atoms with Gasteiger partial charge in [0.15, 0.2) is 0 Å². The van der Waals surface area contributed by atoms with Gasteiger partial charge in [0.05, 0.1) is 9.83 Å². The molecule has 4 heteroatoms. The summed E-state index contributed by atoms with van der Waals surface area (Å²) in [4.78, 5) is 1.35. The fourth-order valence-corrected chi connectivity index (χ4v) is 4.67. The smallest absolute Gasteiger partial charge is 0.0704 e. The molecule has 0 radical (unpaired) electrons. The van der Waals surface area contributed by atoms with Crippen LogP contribution in [0.5, 0.6) is 0 Å². The lowest BCUT2D eigenvalue weighted by atomic mass is 9.98. The van der Waals surface area contributed by atoms with E-state index in [1.807, 2.05) is 0 Å². The molecule has 0 saturated heterocycles. The lowest BCUT2D eigenvalue weighted by Crippen LogP contribution is -2.22. The number of hydrogen-bond acceptors (Lipinski definition) is 2. The second-order valence-corrected chi connectivity index (χ2v) is 8.07. The van der Waals surface area contributed by atoms with Crippen LogP contribution in [0.15, 0.2) is 32.5 Å². The van der Waals surface area contributed by atoms with Crippen LogP contribution in [0.3, 0.4) is 0 Å². The number of aryl methyl sites for hydroxylation is 2. The molecular formula is C15H17Br2NS. The van der Waals surface area contributed by atoms with Crippen LogP contribution in [-0.4, -0.2) is 6.54 Å². The molecule has 0 aliphatic rings. The van der Waals surface area contributed by atoms with Crippen molar-refractivity contribution in [1.82, 2.24) is 5.32 Å². The minimum Gasteiger partial charge on any atom is -0.306 e. The van der Waals surface area contributed by atoms with Gasteiger partial charge in [0.2, 0.25) is 0 Å². The maximum absolute atomic E-state index is 3.70. The standard InChI is InChI=1S/C15H17Br2NS/c1-4-18-15(12-8-14(17)19-10(12)3)11-6-5-9(2)7-13(11)16/h5-8,15,18H,4H2,1-3H3. The minimum atomic E-state index is 0.238. The van der Waals surface area contributed by atoms with Crippen molar-refractivity contribution in [2.24, 2.45) is 0 Å². The first-order valence-corrected chi connectivity index (χ1v) is 8.68. The summed E-state index contributed by atoms with van der Waals surface area (Å²) < 4.78 is 2.35. The van der Waals surface area contributed by atoms with Gasteiger partial charge in [0, 0.05) is 9.35 Å². The SMILES string of the molecule is CCNC(c1ccc(C)cc1Br)c1cc(Br)sc1C. The number of hydrogen-bond donors (Lipinski definition) is 1. The first-order valence-electron chi connectivity index (χ1n) is 6.28. The fraction of sp³-hybridized carbons (Fsp3) is 0.333. The summed E-state index contributed by atoms with van der Waals surface area (Å²) in [6, 6.07) is 9.01. The van der Waals surface area contributed by atoms with Crippen molar-refractivity contribution < 1.29 is 0 Å². The van der Waals surface area contributed by atoms with Gasteiger partial charge in [-0.25, -0.2) is 0 Å². The highest BCUT2D eigenvalue weighted by molar-refractivity contribution is 9.11. The third-order valence-corrected chi connectivity index (χ3v) is 5.37. The normalized spacial score (nSPS) is 12.7. The third-order valence-electron chi connectivity index (χ3n) is 3.11. The van der Waals surface area contributed by atoms with Crippen LogP contribution in [-0.2, 0) is 0 Å². The molecule has 0 aliphatic carbocycles. The molecule has 0 amide bonds. The zero-order chi connectivity index (χ0) is 14.0. The van der Waals surface area contributed by atoms with E-state index in [2.05, 4.69) is 82.2 Å². The maximum atomic E-state index is 3.70. The first-order chi connectivity index (χ1) is 9.02. The fourth-order valence-electron chi connectivity index (χ4n) is 2.20. The van der Waals surface area contributed by atoms with E-state index >= 15 is 0 Å². The summed E-state index contributed by atoms with van der Waals surface area (Å²) in [6.45, 7) is 7.38. The van der Waals surface area contributed by atoms with Gasteiger partial charge in [-0.3, -0.25) is 0 Å².